The first kappa shape index (κ1) is 20.5. The summed E-state index contributed by atoms with van der Waals surface area (Å²) in [5.74, 6) is 0.897. The smallest absolute Gasteiger partial charge is 0.357 e. The number of alkyl halides is 3. The molecule has 1 N–H and O–H groups in total. The topological polar surface area (TPSA) is 51.3 Å². The van der Waals surface area contributed by atoms with Crippen LogP contribution in [0.4, 0.5) is 24.7 Å². The predicted octanol–water partition coefficient (Wildman–Crippen LogP) is 4.31. The van der Waals surface area contributed by atoms with Gasteiger partial charge in [-0.05, 0) is 36.6 Å². The molecular weight excluding hydrogens is 429 g/mol. The summed E-state index contributed by atoms with van der Waals surface area (Å²) in [6.45, 7) is 3.02. The monoisotopic (exact) mass is 454 g/mol. The molecule has 4 heterocycles. The van der Waals surface area contributed by atoms with E-state index in [9.17, 15) is 13.2 Å². The molecule has 172 valence electrons. The van der Waals surface area contributed by atoms with E-state index in [-0.39, 0.29) is 6.54 Å². The second-order valence-corrected chi connectivity index (χ2v) is 9.10. The van der Waals surface area contributed by atoms with Crippen LogP contribution in [0, 0.1) is 0 Å². The molecule has 3 aromatic rings. The number of H-pyrrole nitrogens is 1. The number of anilines is 2. The minimum atomic E-state index is -4.30. The number of rotatable bonds is 4. The quantitative estimate of drug-likeness (QED) is 0.637. The molecule has 0 unspecified atom stereocenters. The Labute approximate surface area is 190 Å². The van der Waals surface area contributed by atoms with Crippen LogP contribution in [-0.2, 0) is 6.54 Å². The van der Waals surface area contributed by atoms with Crippen LogP contribution in [0.1, 0.15) is 18.4 Å². The zero-order chi connectivity index (χ0) is 22.6. The Morgan fingerprint density at radius 2 is 1.85 bits per heavy atom. The molecule has 1 aromatic carbocycles. The number of piperazine rings is 1. The molecule has 1 saturated carbocycles. The lowest BCUT2D eigenvalue weighted by atomic mass is 9.95. The molecule has 0 spiro atoms. The third kappa shape index (κ3) is 3.94. The van der Waals surface area contributed by atoms with E-state index in [1.807, 2.05) is 30.3 Å². The van der Waals surface area contributed by atoms with Crippen LogP contribution >= 0.6 is 0 Å². The van der Waals surface area contributed by atoms with Gasteiger partial charge in [0, 0.05) is 67.3 Å². The van der Waals surface area contributed by atoms with Gasteiger partial charge >= 0.3 is 6.18 Å². The lowest BCUT2D eigenvalue weighted by molar-refractivity contribution is -0.119. The fourth-order valence-corrected chi connectivity index (χ4v) is 5.10. The standard InChI is InChI=1S/C24H25F3N6/c25-24(26,27)15-33-14-17-13-29-30-22(17)20-6-3-16(12-21(20)33)19-2-1-7-28-23(19)32-10-8-31(9-11-32)18-4-5-18/h1-3,6-7,12-13,18H,4-5,8-11,14-15H2,(H,29,30). The molecule has 0 amide bonds. The van der Waals surface area contributed by atoms with E-state index in [4.69, 9.17) is 0 Å². The maximum atomic E-state index is 13.4. The minimum Gasteiger partial charge on any atom is -0.357 e. The summed E-state index contributed by atoms with van der Waals surface area (Å²) < 4.78 is 40.1. The Kier molecular flexibility index (Phi) is 4.83. The van der Waals surface area contributed by atoms with Crippen molar-refractivity contribution in [3.05, 3.63) is 48.3 Å². The molecule has 9 heteroatoms. The van der Waals surface area contributed by atoms with E-state index in [2.05, 4.69) is 25.0 Å². The van der Waals surface area contributed by atoms with Gasteiger partial charge in [-0.3, -0.25) is 10.00 Å². The highest BCUT2D eigenvalue weighted by Crippen LogP contribution is 2.42. The Balaban J connectivity index is 1.36. The fraction of sp³-hybridized carbons (Fsp3) is 0.417. The van der Waals surface area contributed by atoms with Gasteiger partial charge in [-0.1, -0.05) is 12.1 Å². The first-order valence-electron chi connectivity index (χ1n) is 11.4. The van der Waals surface area contributed by atoms with E-state index in [0.717, 1.165) is 66.0 Å². The molecule has 33 heavy (non-hydrogen) atoms. The highest BCUT2D eigenvalue weighted by molar-refractivity contribution is 5.87. The molecule has 3 aliphatic rings. The third-order valence-corrected chi connectivity index (χ3v) is 6.83. The number of pyridine rings is 1. The summed E-state index contributed by atoms with van der Waals surface area (Å²) in [6, 6.07) is 10.4. The Hall–Kier alpha value is -3.07. The SMILES string of the molecule is FC(F)(F)CN1Cc2cn[nH]c2-c2ccc(-c3cccnc3N3CCN(C4CC4)CC3)cc21. The summed E-state index contributed by atoms with van der Waals surface area (Å²) in [4.78, 5) is 10.9. The molecular formula is C24H25F3N6. The van der Waals surface area contributed by atoms with E-state index in [0.29, 0.717) is 5.69 Å². The molecule has 6 nitrogen and oxygen atoms in total. The number of hydrogen-bond acceptors (Lipinski definition) is 5. The van der Waals surface area contributed by atoms with Crippen LogP contribution in [0.3, 0.4) is 0 Å². The molecule has 2 fully saturated rings. The predicted molar refractivity (Wildman–Crippen MR) is 121 cm³/mol. The molecule has 1 saturated heterocycles. The van der Waals surface area contributed by atoms with Gasteiger partial charge in [0.25, 0.3) is 0 Å². The number of fused-ring (bicyclic) bond motifs is 3. The highest BCUT2D eigenvalue weighted by Gasteiger charge is 2.35. The summed E-state index contributed by atoms with van der Waals surface area (Å²) >= 11 is 0. The first-order valence-corrected chi connectivity index (χ1v) is 11.4. The average molecular weight is 455 g/mol. The summed E-state index contributed by atoms with van der Waals surface area (Å²) in [5, 5.41) is 7.01. The summed E-state index contributed by atoms with van der Waals surface area (Å²) in [7, 11) is 0. The van der Waals surface area contributed by atoms with E-state index < -0.39 is 12.7 Å². The second-order valence-electron chi connectivity index (χ2n) is 9.10. The second kappa shape index (κ2) is 7.76. The third-order valence-electron chi connectivity index (χ3n) is 6.83. The Morgan fingerprint density at radius 3 is 2.61 bits per heavy atom. The average Bonchev–Trinajstić information content (AvgIpc) is 3.56. The number of hydrogen-bond donors (Lipinski definition) is 1. The van der Waals surface area contributed by atoms with Gasteiger partial charge in [-0.25, -0.2) is 4.98 Å². The maximum absolute atomic E-state index is 13.4. The van der Waals surface area contributed by atoms with Crippen LogP contribution < -0.4 is 9.80 Å². The van der Waals surface area contributed by atoms with Crippen molar-refractivity contribution in [1.82, 2.24) is 20.1 Å². The van der Waals surface area contributed by atoms with E-state index in [1.165, 1.54) is 17.7 Å². The zero-order valence-electron chi connectivity index (χ0n) is 18.1. The first-order chi connectivity index (χ1) is 16.0. The van der Waals surface area contributed by atoms with Crippen molar-refractivity contribution in [2.75, 3.05) is 42.5 Å². The number of benzene rings is 1. The van der Waals surface area contributed by atoms with Gasteiger partial charge < -0.3 is 9.80 Å². The minimum absolute atomic E-state index is 0.171. The lowest BCUT2D eigenvalue weighted by Crippen LogP contribution is -2.47. The van der Waals surface area contributed by atoms with Crippen molar-refractivity contribution in [3.63, 3.8) is 0 Å². The maximum Gasteiger partial charge on any atom is 0.405 e. The normalized spacial score (nSPS) is 18.9. The van der Waals surface area contributed by atoms with Gasteiger partial charge in [-0.2, -0.15) is 18.3 Å². The molecule has 6 rings (SSSR count). The molecule has 2 aliphatic heterocycles. The summed E-state index contributed by atoms with van der Waals surface area (Å²) in [5.41, 5.74) is 4.69. The van der Waals surface area contributed by atoms with Crippen molar-refractivity contribution in [1.29, 1.82) is 0 Å². The van der Waals surface area contributed by atoms with Gasteiger partial charge in [0.05, 0.1) is 11.9 Å². The van der Waals surface area contributed by atoms with Crippen LogP contribution in [0.2, 0.25) is 0 Å². The molecule has 1 aliphatic carbocycles. The fourth-order valence-electron chi connectivity index (χ4n) is 5.10. The van der Waals surface area contributed by atoms with Crippen LogP contribution in [0.15, 0.2) is 42.7 Å². The molecule has 0 bridgehead atoms. The van der Waals surface area contributed by atoms with Gasteiger partial charge in [-0.15, -0.1) is 0 Å². The lowest BCUT2D eigenvalue weighted by Gasteiger charge is -2.36. The van der Waals surface area contributed by atoms with Gasteiger partial charge in [0.15, 0.2) is 0 Å². The highest BCUT2D eigenvalue weighted by atomic mass is 19.4. The van der Waals surface area contributed by atoms with Crippen LogP contribution in [-0.4, -0.2) is 65.0 Å². The molecule has 0 atom stereocenters. The van der Waals surface area contributed by atoms with Crippen molar-refractivity contribution >= 4 is 11.5 Å². The van der Waals surface area contributed by atoms with Crippen LogP contribution in [0.5, 0.6) is 0 Å². The zero-order valence-corrected chi connectivity index (χ0v) is 18.1. The molecule has 2 aromatic heterocycles. The number of nitrogens with zero attached hydrogens (tertiary/aromatic N) is 5. The number of aromatic nitrogens is 3. The van der Waals surface area contributed by atoms with Crippen LogP contribution in [0.25, 0.3) is 22.4 Å². The molecule has 0 radical (unpaired) electrons. The largest absolute Gasteiger partial charge is 0.405 e. The number of halogens is 3. The Bertz CT molecular complexity index is 1160. The van der Waals surface area contributed by atoms with Gasteiger partial charge in [0.2, 0.25) is 0 Å². The van der Waals surface area contributed by atoms with Crippen molar-refractivity contribution in [3.8, 4) is 22.4 Å². The number of nitrogens with one attached hydrogen (secondary N) is 1. The number of aromatic amines is 1. The van der Waals surface area contributed by atoms with E-state index >= 15 is 0 Å². The van der Waals surface area contributed by atoms with Crippen molar-refractivity contribution in [2.24, 2.45) is 0 Å². The Morgan fingerprint density at radius 1 is 1.03 bits per heavy atom. The van der Waals surface area contributed by atoms with Crippen molar-refractivity contribution < 1.29 is 13.2 Å². The van der Waals surface area contributed by atoms with Crippen molar-refractivity contribution in [2.45, 2.75) is 31.6 Å². The van der Waals surface area contributed by atoms with E-state index in [1.54, 1.807) is 12.4 Å². The van der Waals surface area contributed by atoms with Gasteiger partial charge in [0.1, 0.15) is 12.4 Å². The summed E-state index contributed by atoms with van der Waals surface area (Å²) in [6.07, 6.45) is 1.70.